The van der Waals surface area contributed by atoms with Gasteiger partial charge in [-0.3, -0.25) is 9.59 Å². The van der Waals surface area contributed by atoms with Crippen molar-refractivity contribution in [3.8, 4) is 0 Å². The van der Waals surface area contributed by atoms with Gasteiger partial charge < -0.3 is 5.32 Å². The smallest absolute Gasteiger partial charge is 0.216 e. The molecule has 1 N–H and O–H groups in total. The summed E-state index contributed by atoms with van der Waals surface area (Å²) in [6.07, 6.45) is 11.6. The molecule has 2 unspecified atom stereocenters. The van der Waals surface area contributed by atoms with Gasteiger partial charge in [-0.05, 0) is 62.3 Å². The van der Waals surface area contributed by atoms with Crippen LogP contribution in [-0.4, -0.2) is 18.2 Å². The molecule has 0 saturated carbocycles. The Kier molecular flexibility index (Phi) is 32.4. The lowest BCUT2D eigenvalue weighted by Crippen LogP contribution is -2.27. The minimum atomic E-state index is -0.171. The van der Waals surface area contributed by atoms with Crippen molar-refractivity contribution in [3.63, 3.8) is 0 Å². The lowest BCUT2D eigenvalue weighted by atomic mass is 9.81. The van der Waals surface area contributed by atoms with E-state index >= 15 is 0 Å². The van der Waals surface area contributed by atoms with E-state index in [1.54, 1.807) is 19.1 Å². The average molecular weight is 602 g/mol. The second kappa shape index (κ2) is 31.0. The van der Waals surface area contributed by atoms with Gasteiger partial charge in [0, 0.05) is 19.4 Å². The van der Waals surface area contributed by atoms with Crippen molar-refractivity contribution in [2.75, 3.05) is 6.54 Å². The van der Waals surface area contributed by atoms with Gasteiger partial charge in [0.1, 0.15) is 11.6 Å². The molecule has 0 aliphatic heterocycles. The van der Waals surface area contributed by atoms with Gasteiger partial charge in [-0.2, -0.15) is 0 Å². The van der Waals surface area contributed by atoms with E-state index in [0.29, 0.717) is 13.0 Å². The van der Waals surface area contributed by atoms with E-state index in [9.17, 15) is 14.0 Å². The van der Waals surface area contributed by atoms with E-state index < -0.39 is 0 Å². The Hall–Kier alpha value is -2.49. The average Bonchev–Trinajstić information content (AvgIpc) is 2.96. The SMILES string of the molecule is CC(=O)NCCC(C(C)=O)C(C)c1ccccc1C.CCCC.CCCC(C)C.CCCCCC.Cc1ccc(F)cc1. The molecule has 0 saturated heterocycles. The monoisotopic (exact) mass is 602 g/mol. The zero-order valence-electron chi connectivity index (χ0n) is 30.1. The second-order valence-corrected chi connectivity index (χ2v) is 11.8. The van der Waals surface area contributed by atoms with Crippen LogP contribution in [0.4, 0.5) is 4.39 Å². The van der Waals surface area contributed by atoms with E-state index in [1.807, 2.05) is 19.1 Å². The van der Waals surface area contributed by atoms with Crippen molar-refractivity contribution < 1.29 is 14.0 Å². The van der Waals surface area contributed by atoms with Crippen LogP contribution in [0.5, 0.6) is 0 Å². The van der Waals surface area contributed by atoms with Crippen molar-refractivity contribution in [3.05, 3.63) is 71.0 Å². The van der Waals surface area contributed by atoms with Crippen molar-refractivity contribution >= 4 is 11.7 Å². The molecule has 2 atom stereocenters. The van der Waals surface area contributed by atoms with Crippen LogP contribution in [0, 0.1) is 31.5 Å². The number of ketones is 1. The summed E-state index contributed by atoms with van der Waals surface area (Å²) in [4.78, 5) is 22.7. The predicted molar refractivity (Wildman–Crippen MR) is 188 cm³/mol. The number of Topliss-reactive ketones (excluding diaryl/α,β-unsaturated/α-hetero) is 1. The van der Waals surface area contributed by atoms with Crippen molar-refractivity contribution in [2.45, 2.75) is 147 Å². The normalized spacial score (nSPS) is 11.1. The molecular formula is C39H68FNO2. The Labute approximate surface area is 266 Å². The van der Waals surface area contributed by atoms with Gasteiger partial charge in [-0.15, -0.1) is 0 Å². The summed E-state index contributed by atoms with van der Waals surface area (Å²) in [6, 6.07) is 14.6. The topological polar surface area (TPSA) is 46.2 Å². The first-order chi connectivity index (χ1) is 20.3. The highest BCUT2D eigenvalue weighted by atomic mass is 19.1. The maximum Gasteiger partial charge on any atom is 0.216 e. The number of rotatable bonds is 12. The zero-order chi connectivity index (χ0) is 33.6. The number of unbranched alkanes of at least 4 members (excludes halogenated alkanes) is 4. The fourth-order valence-electron chi connectivity index (χ4n) is 4.13. The minimum absolute atomic E-state index is 0.0482. The molecule has 0 fully saturated rings. The van der Waals surface area contributed by atoms with Crippen molar-refractivity contribution in [1.82, 2.24) is 5.32 Å². The summed E-state index contributed by atoms with van der Waals surface area (Å²) in [5, 5.41) is 2.76. The molecule has 4 heteroatoms. The van der Waals surface area contributed by atoms with Crippen LogP contribution in [0.2, 0.25) is 0 Å². The lowest BCUT2D eigenvalue weighted by Gasteiger charge is -2.23. The fraction of sp³-hybridized carbons (Fsp3) is 0.641. The molecule has 2 aromatic carbocycles. The van der Waals surface area contributed by atoms with E-state index in [4.69, 9.17) is 0 Å². The number of carbonyl (C=O) groups is 2. The van der Waals surface area contributed by atoms with E-state index in [0.717, 1.165) is 11.5 Å². The molecule has 2 aromatic rings. The fourth-order valence-corrected chi connectivity index (χ4v) is 4.13. The molecule has 0 aliphatic carbocycles. The lowest BCUT2D eigenvalue weighted by molar-refractivity contribution is -0.122. The molecular weight excluding hydrogens is 533 g/mol. The van der Waals surface area contributed by atoms with Gasteiger partial charge in [-0.1, -0.05) is 149 Å². The summed E-state index contributed by atoms with van der Waals surface area (Å²) in [6.45, 7) is 25.3. The first-order valence-corrected chi connectivity index (χ1v) is 16.8. The third kappa shape index (κ3) is 29.4. The van der Waals surface area contributed by atoms with Gasteiger partial charge >= 0.3 is 0 Å². The molecule has 0 aliphatic rings. The third-order valence-electron chi connectivity index (χ3n) is 6.97. The number of nitrogens with one attached hydrogen (secondary N) is 1. The molecule has 3 nitrogen and oxygen atoms in total. The first-order valence-electron chi connectivity index (χ1n) is 16.8. The Balaban J connectivity index is -0.000000547. The minimum Gasteiger partial charge on any atom is -0.356 e. The number of halogens is 1. The molecule has 2 rings (SSSR count). The highest BCUT2D eigenvalue weighted by molar-refractivity contribution is 5.79. The maximum atomic E-state index is 12.1. The maximum absolute atomic E-state index is 12.1. The second-order valence-electron chi connectivity index (χ2n) is 11.8. The molecule has 0 heterocycles. The summed E-state index contributed by atoms with van der Waals surface area (Å²) in [5.74, 6) is 0.984. The zero-order valence-corrected chi connectivity index (χ0v) is 30.1. The third-order valence-corrected chi connectivity index (χ3v) is 6.97. The van der Waals surface area contributed by atoms with Crippen LogP contribution in [0.1, 0.15) is 150 Å². The number of amides is 1. The Bertz CT molecular complexity index is 881. The van der Waals surface area contributed by atoms with Crippen LogP contribution in [0.25, 0.3) is 0 Å². The van der Waals surface area contributed by atoms with Crippen LogP contribution in [0.3, 0.4) is 0 Å². The van der Waals surface area contributed by atoms with Gasteiger partial charge in [0.25, 0.3) is 0 Å². The Morgan fingerprint density at radius 2 is 1.23 bits per heavy atom. The summed E-state index contributed by atoms with van der Waals surface area (Å²) in [5.41, 5.74) is 3.51. The molecule has 0 aromatic heterocycles. The van der Waals surface area contributed by atoms with Gasteiger partial charge in [0.2, 0.25) is 5.91 Å². The van der Waals surface area contributed by atoms with Crippen LogP contribution in [0.15, 0.2) is 48.5 Å². The highest BCUT2D eigenvalue weighted by Crippen LogP contribution is 2.29. The molecule has 0 spiro atoms. The largest absolute Gasteiger partial charge is 0.356 e. The van der Waals surface area contributed by atoms with Crippen molar-refractivity contribution in [1.29, 1.82) is 0 Å². The number of carbonyl (C=O) groups excluding carboxylic acids is 2. The van der Waals surface area contributed by atoms with Gasteiger partial charge in [0.15, 0.2) is 0 Å². The van der Waals surface area contributed by atoms with Gasteiger partial charge in [0.05, 0.1) is 0 Å². The summed E-state index contributed by atoms with van der Waals surface area (Å²) < 4.78 is 12.1. The van der Waals surface area contributed by atoms with E-state index in [2.05, 4.69) is 79.8 Å². The van der Waals surface area contributed by atoms with Crippen LogP contribution < -0.4 is 5.32 Å². The quantitative estimate of drug-likeness (QED) is 0.246. The van der Waals surface area contributed by atoms with Crippen molar-refractivity contribution in [2.24, 2.45) is 11.8 Å². The summed E-state index contributed by atoms with van der Waals surface area (Å²) >= 11 is 0. The van der Waals surface area contributed by atoms with E-state index in [-0.39, 0.29) is 29.3 Å². The standard InChI is InChI=1S/C16H23NO2.C7H7F.2C6H14.C4H10/c1-11-7-5-6-8-15(11)12(2)16(13(3)18)9-10-17-14(4)19;1-6-2-4-7(8)5-3-6;1-4-5-6(2)3;1-3-5-6-4-2;1-3-4-2/h5-8,12,16H,9-10H2,1-4H3,(H,17,19);2-5H,1H3;6H,4-5H2,1-3H3;3-6H2,1-2H3;3-4H2,1-2H3. The number of hydrogen-bond donors (Lipinski definition) is 1. The van der Waals surface area contributed by atoms with Gasteiger partial charge in [-0.25, -0.2) is 4.39 Å². The predicted octanol–water partition coefficient (Wildman–Crippen LogP) is 11.8. The molecule has 248 valence electrons. The number of benzene rings is 2. The van der Waals surface area contributed by atoms with E-state index in [1.165, 1.54) is 81.5 Å². The highest BCUT2D eigenvalue weighted by Gasteiger charge is 2.23. The summed E-state index contributed by atoms with van der Waals surface area (Å²) in [7, 11) is 0. The Morgan fingerprint density at radius 1 is 0.721 bits per heavy atom. The molecule has 43 heavy (non-hydrogen) atoms. The van der Waals surface area contributed by atoms with Crippen LogP contribution >= 0.6 is 0 Å². The molecule has 1 amide bonds. The first kappa shape index (κ1) is 44.9. The van der Waals surface area contributed by atoms with Crippen LogP contribution in [-0.2, 0) is 9.59 Å². The Morgan fingerprint density at radius 3 is 1.56 bits per heavy atom. The molecule has 0 radical (unpaired) electrons. The number of aryl methyl sites for hydroxylation is 2. The number of hydrogen-bond acceptors (Lipinski definition) is 2. The molecule has 0 bridgehead atoms.